The van der Waals surface area contributed by atoms with Crippen molar-refractivity contribution in [1.82, 2.24) is 0 Å². The smallest absolute Gasteiger partial charge is 0.0666 e. The number of aryl methyl sites for hydroxylation is 1. The summed E-state index contributed by atoms with van der Waals surface area (Å²) in [5, 5.41) is 4.40. The molecule has 0 aliphatic heterocycles. The zero-order valence-corrected chi connectivity index (χ0v) is 11.3. The van der Waals surface area contributed by atoms with Gasteiger partial charge in [-0.3, -0.25) is 0 Å². The van der Waals surface area contributed by atoms with Crippen LogP contribution in [0, 0.1) is 6.92 Å². The fourth-order valence-corrected chi connectivity index (χ4v) is 2.60. The Balaban J connectivity index is 1.95. The Bertz CT molecular complexity index is 372. The molecular formula is C14H20ClNO. The monoisotopic (exact) mass is 253 g/mol. The van der Waals surface area contributed by atoms with Gasteiger partial charge in [-0.15, -0.1) is 0 Å². The standard InChI is InChI=1S/C14H20ClNO/c1-10-4-3-5-13(14(10)15)16-11-6-8-12(17-2)9-7-11/h3-5,11-12,16H,6-9H2,1-2H3. The van der Waals surface area contributed by atoms with Crippen LogP contribution in [0.1, 0.15) is 31.2 Å². The normalized spacial score (nSPS) is 24.6. The van der Waals surface area contributed by atoms with Gasteiger partial charge in [0.1, 0.15) is 0 Å². The number of nitrogens with one attached hydrogen (secondary N) is 1. The summed E-state index contributed by atoms with van der Waals surface area (Å²) in [6, 6.07) is 6.66. The summed E-state index contributed by atoms with van der Waals surface area (Å²) in [4.78, 5) is 0. The van der Waals surface area contributed by atoms with E-state index >= 15 is 0 Å². The number of ether oxygens (including phenoxy) is 1. The maximum Gasteiger partial charge on any atom is 0.0666 e. The Hall–Kier alpha value is -0.730. The van der Waals surface area contributed by atoms with Gasteiger partial charge in [0.25, 0.3) is 0 Å². The van der Waals surface area contributed by atoms with Crippen LogP contribution in [0.4, 0.5) is 5.69 Å². The number of benzene rings is 1. The predicted molar refractivity (Wildman–Crippen MR) is 72.9 cm³/mol. The molecule has 1 N–H and O–H groups in total. The lowest BCUT2D eigenvalue weighted by Gasteiger charge is -2.29. The van der Waals surface area contributed by atoms with Crippen LogP contribution in [0.5, 0.6) is 0 Å². The Morgan fingerprint density at radius 2 is 1.94 bits per heavy atom. The molecule has 17 heavy (non-hydrogen) atoms. The first kappa shape index (κ1) is 12.7. The maximum absolute atomic E-state index is 6.28. The quantitative estimate of drug-likeness (QED) is 0.879. The van der Waals surface area contributed by atoms with Gasteiger partial charge in [0.15, 0.2) is 0 Å². The van der Waals surface area contributed by atoms with Crippen molar-refractivity contribution < 1.29 is 4.74 Å². The Kier molecular flexibility index (Phi) is 4.30. The van der Waals surface area contributed by atoms with Crippen molar-refractivity contribution in [2.24, 2.45) is 0 Å². The van der Waals surface area contributed by atoms with Gasteiger partial charge < -0.3 is 10.1 Å². The zero-order valence-electron chi connectivity index (χ0n) is 10.5. The van der Waals surface area contributed by atoms with E-state index in [1.54, 1.807) is 7.11 Å². The largest absolute Gasteiger partial charge is 0.381 e. The topological polar surface area (TPSA) is 21.3 Å². The minimum Gasteiger partial charge on any atom is -0.381 e. The summed E-state index contributed by atoms with van der Waals surface area (Å²) in [5.74, 6) is 0. The van der Waals surface area contributed by atoms with E-state index in [0.717, 1.165) is 42.0 Å². The fraction of sp³-hybridized carbons (Fsp3) is 0.571. The second-order valence-corrected chi connectivity index (χ2v) is 5.17. The van der Waals surface area contributed by atoms with Gasteiger partial charge in [0.05, 0.1) is 16.8 Å². The molecule has 0 spiro atoms. The van der Waals surface area contributed by atoms with Crippen LogP contribution in [-0.4, -0.2) is 19.3 Å². The molecule has 0 aromatic heterocycles. The average Bonchev–Trinajstić information content (AvgIpc) is 2.36. The highest BCUT2D eigenvalue weighted by atomic mass is 35.5. The number of hydrogen-bond donors (Lipinski definition) is 1. The molecule has 1 aliphatic rings. The van der Waals surface area contributed by atoms with Crippen LogP contribution in [0.15, 0.2) is 18.2 Å². The van der Waals surface area contributed by atoms with Crippen molar-refractivity contribution in [3.8, 4) is 0 Å². The van der Waals surface area contributed by atoms with E-state index in [9.17, 15) is 0 Å². The molecule has 94 valence electrons. The predicted octanol–water partition coefficient (Wildman–Crippen LogP) is 4.02. The van der Waals surface area contributed by atoms with Crippen LogP contribution in [0.25, 0.3) is 0 Å². The molecule has 1 fully saturated rings. The van der Waals surface area contributed by atoms with E-state index < -0.39 is 0 Å². The lowest BCUT2D eigenvalue weighted by Crippen LogP contribution is -2.29. The van der Waals surface area contributed by atoms with Crippen molar-refractivity contribution >= 4 is 17.3 Å². The lowest BCUT2D eigenvalue weighted by molar-refractivity contribution is 0.0682. The SMILES string of the molecule is COC1CCC(Nc2cccc(C)c2Cl)CC1. The first-order valence-corrected chi connectivity index (χ1v) is 6.63. The number of methoxy groups -OCH3 is 1. The van der Waals surface area contributed by atoms with Gasteiger partial charge >= 0.3 is 0 Å². The first-order valence-electron chi connectivity index (χ1n) is 6.25. The van der Waals surface area contributed by atoms with Crippen LogP contribution < -0.4 is 5.32 Å². The summed E-state index contributed by atoms with van der Waals surface area (Å²) in [6.07, 6.45) is 5.03. The van der Waals surface area contributed by atoms with Crippen LogP contribution in [0.3, 0.4) is 0 Å². The Labute approximate surface area is 108 Å². The summed E-state index contributed by atoms with van der Waals surface area (Å²) in [5.41, 5.74) is 2.19. The van der Waals surface area contributed by atoms with E-state index in [4.69, 9.17) is 16.3 Å². The second kappa shape index (κ2) is 5.74. The van der Waals surface area contributed by atoms with Crippen molar-refractivity contribution in [2.45, 2.75) is 44.8 Å². The highest BCUT2D eigenvalue weighted by Gasteiger charge is 2.21. The highest BCUT2D eigenvalue weighted by molar-refractivity contribution is 6.34. The third-order valence-electron chi connectivity index (χ3n) is 3.56. The van der Waals surface area contributed by atoms with Crippen molar-refractivity contribution in [1.29, 1.82) is 0 Å². The van der Waals surface area contributed by atoms with Gasteiger partial charge in [-0.25, -0.2) is 0 Å². The molecule has 0 amide bonds. The van der Waals surface area contributed by atoms with Crippen molar-refractivity contribution in [2.75, 3.05) is 12.4 Å². The van der Waals surface area contributed by atoms with E-state index in [0.29, 0.717) is 12.1 Å². The molecule has 2 rings (SSSR count). The highest BCUT2D eigenvalue weighted by Crippen LogP contribution is 2.29. The molecule has 1 aliphatic carbocycles. The van der Waals surface area contributed by atoms with Gasteiger partial charge in [-0.05, 0) is 44.2 Å². The first-order chi connectivity index (χ1) is 8.20. The second-order valence-electron chi connectivity index (χ2n) is 4.79. The molecule has 0 unspecified atom stereocenters. The minimum absolute atomic E-state index is 0.445. The molecule has 0 atom stereocenters. The Morgan fingerprint density at radius 1 is 1.24 bits per heavy atom. The van der Waals surface area contributed by atoms with Gasteiger partial charge in [-0.2, -0.15) is 0 Å². The third kappa shape index (κ3) is 3.14. The molecule has 0 saturated heterocycles. The molecule has 0 radical (unpaired) electrons. The maximum atomic E-state index is 6.28. The lowest BCUT2D eigenvalue weighted by atomic mass is 9.93. The zero-order chi connectivity index (χ0) is 12.3. The van der Waals surface area contributed by atoms with Gasteiger partial charge in [0, 0.05) is 13.2 Å². The summed E-state index contributed by atoms with van der Waals surface area (Å²) < 4.78 is 5.38. The molecule has 1 aromatic rings. The molecule has 0 heterocycles. The summed E-state index contributed by atoms with van der Waals surface area (Å²) in [6.45, 7) is 2.04. The number of anilines is 1. The van der Waals surface area contributed by atoms with E-state index in [1.807, 2.05) is 19.1 Å². The van der Waals surface area contributed by atoms with Crippen molar-refractivity contribution in [3.05, 3.63) is 28.8 Å². The molecule has 2 nitrogen and oxygen atoms in total. The van der Waals surface area contributed by atoms with Crippen molar-refractivity contribution in [3.63, 3.8) is 0 Å². The number of rotatable bonds is 3. The minimum atomic E-state index is 0.445. The third-order valence-corrected chi connectivity index (χ3v) is 4.06. The van der Waals surface area contributed by atoms with Crippen LogP contribution in [0.2, 0.25) is 5.02 Å². The van der Waals surface area contributed by atoms with E-state index in [1.165, 1.54) is 0 Å². The fourth-order valence-electron chi connectivity index (χ4n) is 2.42. The van der Waals surface area contributed by atoms with Crippen LogP contribution in [-0.2, 0) is 4.74 Å². The Morgan fingerprint density at radius 3 is 2.59 bits per heavy atom. The van der Waals surface area contributed by atoms with E-state index in [-0.39, 0.29) is 0 Å². The molecule has 1 saturated carbocycles. The van der Waals surface area contributed by atoms with Gasteiger partial charge in [-0.1, -0.05) is 23.7 Å². The number of hydrogen-bond acceptors (Lipinski definition) is 2. The summed E-state index contributed by atoms with van der Waals surface area (Å²) in [7, 11) is 1.80. The molecular weight excluding hydrogens is 234 g/mol. The average molecular weight is 254 g/mol. The molecule has 1 aromatic carbocycles. The van der Waals surface area contributed by atoms with Crippen LogP contribution >= 0.6 is 11.6 Å². The van der Waals surface area contributed by atoms with E-state index in [2.05, 4.69) is 11.4 Å². The molecule has 3 heteroatoms. The van der Waals surface area contributed by atoms with Gasteiger partial charge in [0.2, 0.25) is 0 Å². The summed E-state index contributed by atoms with van der Waals surface area (Å²) >= 11 is 6.28. The number of halogens is 1. The molecule has 0 bridgehead atoms.